The molecule has 0 aliphatic rings. The maximum Gasteiger partial charge on any atom is 0.260 e. The molecule has 0 radical (unpaired) electrons. The van der Waals surface area contributed by atoms with Crippen LogP contribution >= 0.6 is 15.9 Å². The van der Waals surface area contributed by atoms with Crippen molar-refractivity contribution in [2.24, 2.45) is 0 Å². The third-order valence-corrected chi connectivity index (χ3v) is 2.73. The highest BCUT2D eigenvalue weighted by molar-refractivity contribution is 9.10. The summed E-state index contributed by atoms with van der Waals surface area (Å²) >= 11 is 3.29. The van der Waals surface area contributed by atoms with Gasteiger partial charge in [0, 0.05) is 11.5 Å². The van der Waals surface area contributed by atoms with Crippen molar-refractivity contribution in [2.45, 2.75) is 20.0 Å². The van der Waals surface area contributed by atoms with Gasteiger partial charge in [-0.1, -0.05) is 15.9 Å². The van der Waals surface area contributed by atoms with Crippen LogP contribution in [0.3, 0.4) is 0 Å². The number of Topliss-reactive ketones (excluding diaryl/α,β-unsaturated/α-hetero) is 1. The van der Waals surface area contributed by atoms with Gasteiger partial charge in [0.1, 0.15) is 5.75 Å². The van der Waals surface area contributed by atoms with E-state index in [2.05, 4.69) is 21.2 Å². The predicted molar refractivity (Wildman–Crippen MR) is 68.3 cm³/mol. The van der Waals surface area contributed by atoms with E-state index < -0.39 is 6.10 Å². The third kappa shape index (κ3) is 3.56. The van der Waals surface area contributed by atoms with Gasteiger partial charge in [0.25, 0.3) is 5.91 Å². The summed E-state index contributed by atoms with van der Waals surface area (Å²) in [7, 11) is 1.54. The van der Waals surface area contributed by atoms with Gasteiger partial charge in [-0.2, -0.15) is 0 Å². The highest BCUT2D eigenvalue weighted by Gasteiger charge is 2.16. The van der Waals surface area contributed by atoms with E-state index in [0.29, 0.717) is 11.3 Å². The Bertz CT molecular complexity index is 445. The average Bonchev–Trinajstić information content (AvgIpc) is 2.29. The molecule has 0 saturated heterocycles. The van der Waals surface area contributed by atoms with E-state index in [0.717, 1.165) is 4.47 Å². The molecule has 0 heterocycles. The molecule has 0 aliphatic heterocycles. The normalized spacial score (nSPS) is 11.8. The number of rotatable bonds is 4. The van der Waals surface area contributed by atoms with Crippen molar-refractivity contribution in [3.63, 3.8) is 0 Å². The van der Waals surface area contributed by atoms with Gasteiger partial charge in [-0.15, -0.1) is 0 Å². The van der Waals surface area contributed by atoms with E-state index in [9.17, 15) is 9.59 Å². The number of ketones is 1. The Labute approximate surface area is 108 Å². The minimum Gasteiger partial charge on any atom is -0.480 e. The quantitative estimate of drug-likeness (QED) is 0.867. The van der Waals surface area contributed by atoms with Gasteiger partial charge in [-0.05, 0) is 32.0 Å². The molecular formula is C12H14BrNO3. The second kappa shape index (κ2) is 5.82. The smallest absolute Gasteiger partial charge is 0.260 e. The van der Waals surface area contributed by atoms with Crippen LogP contribution in [0.25, 0.3) is 0 Å². The van der Waals surface area contributed by atoms with Crippen molar-refractivity contribution in [3.8, 4) is 5.75 Å². The number of halogens is 1. The van der Waals surface area contributed by atoms with Crippen molar-refractivity contribution in [1.29, 1.82) is 0 Å². The summed E-state index contributed by atoms with van der Waals surface area (Å²) in [6.07, 6.45) is -0.640. The van der Waals surface area contributed by atoms with E-state index in [4.69, 9.17) is 4.74 Å². The Balaban J connectivity index is 2.98. The average molecular weight is 300 g/mol. The van der Waals surface area contributed by atoms with Crippen LogP contribution in [0.15, 0.2) is 22.7 Å². The summed E-state index contributed by atoms with van der Waals surface area (Å²) in [6, 6.07) is 5.10. The Morgan fingerprint density at radius 1 is 1.41 bits per heavy atom. The summed E-state index contributed by atoms with van der Waals surface area (Å²) in [6.45, 7) is 3.09. The molecule has 1 aromatic carbocycles. The van der Waals surface area contributed by atoms with Crippen molar-refractivity contribution in [3.05, 3.63) is 28.2 Å². The molecule has 1 atom stereocenters. The molecule has 0 saturated carbocycles. The number of carbonyl (C=O) groups excluding carboxylic acids is 2. The minimum absolute atomic E-state index is 0.106. The fraction of sp³-hybridized carbons (Fsp3) is 0.333. The third-order valence-electron chi connectivity index (χ3n) is 2.24. The van der Waals surface area contributed by atoms with E-state index in [1.54, 1.807) is 25.1 Å². The van der Waals surface area contributed by atoms with E-state index in [1.807, 2.05) is 0 Å². The van der Waals surface area contributed by atoms with Gasteiger partial charge in [-0.3, -0.25) is 9.59 Å². The Morgan fingerprint density at radius 3 is 2.59 bits per heavy atom. The first-order chi connectivity index (χ1) is 7.95. The second-order valence-electron chi connectivity index (χ2n) is 3.57. The van der Waals surface area contributed by atoms with Crippen LogP contribution in [-0.4, -0.2) is 24.8 Å². The molecule has 1 aromatic rings. The van der Waals surface area contributed by atoms with Gasteiger partial charge in [0.15, 0.2) is 11.9 Å². The molecule has 0 aromatic heterocycles. The summed E-state index contributed by atoms with van der Waals surface area (Å²) < 4.78 is 6.25. The van der Waals surface area contributed by atoms with Crippen LogP contribution in [0.2, 0.25) is 0 Å². The van der Waals surface area contributed by atoms with E-state index >= 15 is 0 Å². The Hall–Kier alpha value is -1.36. The predicted octanol–water partition coefficient (Wildman–Crippen LogP) is 2.17. The fourth-order valence-electron chi connectivity index (χ4n) is 1.33. The summed E-state index contributed by atoms with van der Waals surface area (Å²) in [4.78, 5) is 22.8. The lowest BCUT2D eigenvalue weighted by Gasteiger charge is -2.15. The van der Waals surface area contributed by atoms with Crippen LogP contribution in [0.4, 0.5) is 0 Å². The van der Waals surface area contributed by atoms with Gasteiger partial charge in [0.05, 0.1) is 5.56 Å². The number of ether oxygens (including phenoxy) is 1. The van der Waals surface area contributed by atoms with Crippen LogP contribution in [0.1, 0.15) is 24.2 Å². The fourth-order valence-corrected chi connectivity index (χ4v) is 1.69. The largest absolute Gasteiger partial charge is 0.480 e. The maximum atomic E-state index is 11.4. The molecule has 1 amide bonds. The van der Waals surface area contributed by atoms with E-state index in [-0.39, 0.29) is 11.7 Å². The number of benzene rings is 1. The number of nitrogens with one attached hydrogen (secondary N) is 1. The molecule has 92 valence electrons. The molecular weight excluding hydrogens is 286 g/mol. The van der Waals surface area contributed by atoms with Crippen LogP contribution < -0.4 is 10.1 Å². The first-order valence-corrected chi connectivity index (χ1v) is 5.93. The van der Waals surface area contributed by atoms with Crippen LogP contribution in [0, 0.1) is 0 Å². The number of amides is 1. The number of hydrogen-bond donors (Lipinski definition) is 1. The molecule has 4 nitrogen and oxygen atoms in total. The zero-order chi connectivity index (χ0) is 13.0. The first-order valence-electron chi connectivity index (χ1n) is 5.14. The number of carbonyl (C=O) groups is 2. The highest BCUT2D eigenvalue weighted by Crippen LogP contribution is 2.24. The molecule has 17 heavy (non-hydrogen) atoms. The molecule has 0 aliphatic carbocycles. The number of hydrogen-bond acceptors (Lipinski definition) is 3. The molecule has 0 spiro atoms. The van der Waals surface area contributed by atoms with Crippen molar-refractivity contribution >= 4 is 27.6 Å². The zero-order valence-electron chi connectivity index (χ0n) is 9.91. The summed E-state index contributed by atoms with van der Waals surface area (Å²) in [5.41, 5.74) is 0.454. The molecule has 1 unspecified atom stereocenters. The van der Waals surface area contributed by atoms with Crippen LogP contribution in [-0.2, 0) is 4.79 Å². The monoisotopic (exact) mass is 299 g/mol. The first kappa shape index (κ1) is 13.7. The zero-order valence-corrected chi connectivity index (χ0v) is 11.5. The minimum atomic E-state index is -0.640. The van der Waals surface area contributed by atoms with Crippen molar-refractivity contribution < 1.29 is 14.3 Å². The second-order valence-corrected chi connectivity index (χ2v) is 4.49. The van der Waals surface area contributed by atoms with Gasteiger partial charge in [0.2, 0.25) is 0 Å². The lowest BCUT2D eigenvalue weighted by Crippen LogP contribution is -2.34. The highest BCUT2D eigenvalue weighted by atomic mass is 79.9. The summed E-state index contributed by atoms with van der Waals surface area (Å²) in [5, 5.41) is 2.49. The molecule has 1 N–H and O–H groups in total. The molecule has 5 heteroatoms. The Kier molecular flexibility index (Phi) is 4.69. The van der Waals surface area contributed by atoms with Crippen molar-refractivity contribution in [2.75, 3.05) is 7.05 Å². The lowest BCUT2D eigenvalue weighted by molar-refractivity contribution is -0.126. The maximum absolute atomic E-state index is 11.4. The van der Waals surface area contributed by atoms with Gasteiger partial charge >= 0.3 is 0 Å². The Morgan fingerprint density at radius 2 is 2.06 bits per heavy atom. The van der Waals surface area contributed by atoms with Crippen LogP contribution in [0.5, 0.6) is 5.75 Å². The van der Waals surface area contributed by atoms with E-state index in [1.165, 1.54) is 14.0 Å². The topological polar surface area (TPSA) is 55.4 Å². The molecule has 0 fully saturated rings. The lowest BCUT2D eigenvalue weighted by atomic mass is 10.1. The standard InChI is InChI=1S/C12H14BrNO3/c1-7(15)10-6-9(13)4-5-11(10)17-8(2)12(16)14-3/h4-6,8H,1-3H3,(H,14,16). The van der Waals surface area contributed by atoms with Crippen molar-refractivity contribution in [1.82, 2.24) is 5.32 Å². The van der Waals surface area contributed by atoms with Gasteiger partial charge in [-0.25, -0.2) is 0 Å². The summed E-state index contributed by atoms with van der Waals surface area (Å²) in [5.74, 6) is 0.0737. The van der Waals surface area contributed by atoms with Gasteiger partial charge < -0.3 is 10.1 Å². The molecule has 0 bridgehead atoms. The number of likely N-dealkylation sites (N-methyl/N-ethyl adjacent to an activating group) is 1. The molecule has 1 rings (SSSR count). The SMILES string of the molecule is CNC(=O)C(C)Oc1ccc(Br)cc1C(C)=O.